The van der Waals surface area contributed by atoms with Gasteiger partial charge in [-0.2, -0.15) is 0 Å². The summed E-state index contributed by atoms with van der Waals surface area (Å²) in [5.41, 5.74) is 1.82. The molecule has 7 nitrogen and oxygen atoms in total. The lowest BCUT2D eigenvalue weighted by Crippen LogP contribution is -2.37. The van der Waals surface area contributed by atoms with E-state index in [-0.39, 0.29) is 42.6 Å². The molecule has 1 aromatic heterocycles. The molecule has 0 saturated carbocycles. The first-order chi connectivity index (χ1) is 13.9. The number of rotatable bonds is 10. The maximum absolute atomic E-state index is 13.5. The van der Waals surface area contributed by atoms with Crippen molar-refractivity contribution in [3.8, 4) is 5.75 Å². The number of hydrogen-bond acceptors (Lipinski definition) is 5. The average molecular weight is 515 g/mol. The number of ether oxygens (including phenoxy) is 1. The Balaban J connectivity index is 1.68. The zero-order valence-corrected chi connectivity index (χ0v) is 18.4. The summed E-state index contributed by atoms with van der Waals surface area (Å²) in [7, 11) is 0. The van der Waals surface area contributed by atoms with Gasteiger partial charge in [0.15, 0.2) is 6.61 Å². The second kappa shape index (κ2) is 11.7. The van der Waals surface area contributed by atoms with Gasteiger partial charge in [-0.3, -0.25) is 14.6 Å². The van der Waals surface area contributed by atoms with E-state index in [0.29, 0.717) is 24.2 Å². The van der Waals surface area contributed by atoms with Crippen LogP contribution < -0.4 is 15.4 Å². The zero-order valence-electron chi connectivity index (χ0n) is 16.2. The van der Waals surface area contributed by atoms with Crippen molar-refractivity contribution in [1.29, 1.82) is 0 Å². The van der Waals surface area contributed by atoms with Crippen molar-refractivity contribution in [2.45, 2.75) is 26.4 Å². The Bertz CT molecular complexity index is 850. The molecule has 0 bridgehead atoms. The van der Waals surface area contributed by atoms with Gasteiger partial charge >= 0.3 is 0 Å². The molecule has 0 spiro atoms. The second-order valence-electron chi connectivity index (χ2n) is 6.48. The average Bonchev–Trinajstić information content (AvgIpc) is 2.71. The van der Waals surface area contributed by atoms with Gasteiger partial charge in [0.05, 0.1) is 6.10 Å². The number of aryl methyl sites for hydroxylation is 2. The highest BCUT2D eigenvalue weighted by atomic mass is 127. The first-order valence-corrected chi connectivity index (χ1v) is 9.91. The van der Waals surface area contributed by atoms with Crippen molar-refractivity contribution < 1.29 is 21.8 Å². The molecular formula is C20H23FIN3O4. The molecular weight excluding hydrogens is 492 g/mol. The SMILES string of the molecule is Cc1ccnc(C(=O)NCCC(CNC(=O)COc2ccc(C)c(F)c2)OI)c1. The van der Waals surface area contributed by atoms with Gasteiger partial charge in [-0.15, -0.1) is 0 Å². The molecule has 1 aromatic carbocycles. The highest BCUT2D eigenvalue weighted by Gasteiger charge is 2.13. The van der Waals surface area contributed by atoms with Crippen molar-refractivity contribution in [2.75, 3.05) is 19.7 Å². The third kappa shape index (κ3) is 7.94. The van der Waals surface area contributed by atoms with E-state index in [2.05, 4.69) is 15.6 Å². The lowest BCUT2D eigenvalue weighted by Gasteiger charge is -2.15. The normalized spacial score (nSPS) is 11.6. The van der Waals surface area contributed by atoms with Crippen LogP contribution in [0.4, 0.5) is 4.39 Å². The molecule has 9 heteroatoms. The van der Waals surface area contributed by atoms with Crippen LogP contribution in [-0.2, 0) is 7.86 Å². The predicted octanol–water partition coefficient (Wildman–Crippen LogP) is 2.89. The Morgan fingerprint density at radius 3 is 2.69 bits per heavy atom. The summed E-state index contributed by atoms with van der Waals surface area (Å²) >= 11 is 1.76. The monoisotopic (exact) mass is 515 g/mol. The molecule has 156 valence electrons. The van der Waals surface area contributed by atoms with Crippen LogP contribution in [0.2, 0.25) is 0 Å². The molecule has 2 N–H and O–H groups in total. The minimum Gasteiger partial charge on any atom is -0.484 e. The molecule has 0 aliphatic rings. The van der Waals surface area contributed by atoms with E-state index in [9.17, 15) is 14.0 Å². The number of hydrogen-bond donors (Lipinski definition) is 2. The van der Waals surface area contributed by atoms with Crippen LogP contribution in [0.1, 0.15) is 28.0 Å². The number of benzene rings is 1. The van der Waals surface area contributed by atoms with Crippen LogP contribution in [0.25, 0.3) is 0 Å². The summed E-state index contributed by atoms with van der Waals surface area (Å²) in [6.45, 7) is 3.94. The smallest absolute Gasteiger partial charge is 0.269 e. The fourth-order valence-corrected chi connectivity index (χ4v) is 2.80. The lowest BCUT2D eigenvalue weighted by atomic mass is 10.2. The first-order valence-electron chi connectivity index (χ1n) is 9.03. The number of pyridine rings is 1. The van der Waals surface area contributed by atoms with Gasteiger partial charge in [0, 0.05) is 25.4 Å². The van der Waals surface area contributed by atoms with Crippen molar-refractivity contribution in [2.24, 2.45) is 0 Å². The highest BCUT2D eigenvalue weighted by molar-refractivity contribution is 14.1. The Labute approximate surface area is 183 Å². The van der Waals surface area contributed by atoms with Crippen molar-refractivity contribution >= 4 is 34.8 Å². The largest absolute Gasteiger partial charge is 0.484 e. The summed E-state index contributed by atoms with van der Waals surface area (Å²) in [6, 6.07) is 7.96. The van der Waals surface area contributed by atoms with Gasteiger partial charge in [-0.25, -0.2) is 4.39 Å². The standard InChI is InChI=1S/C20H23FIN3O4/c1-13-5-7-23-18(9-13)20(27)24-8-6-16(29-22)11-25-19(26)12-28-15-4-3-14(2)17(21)10-15/h3-5,7,9-10,16H,6,8,11-12H2,1-2H3,(H,24,27)(H,25,26). The number of carbonyl (C=O) groups excluding carboxylic acids is 2. The van der Waals surface area contributed by atoms with E-state index >= 15 is 0 Å². The lowest BCUT2D eigenvalue weighted by molar-refractivity contribution is -0.123. The van der Waals surface area contributed by atoms with E-state index in [1.807, 2.05) is 13.0 Å². The van der Waals surface area contributed by atoms with Gasteiger partial charge in [-0.05, 0) is 49.6 Å². The third-order valence-corrected chi connectivity index (χ3v) is 4.79. The molecule has 2 aromatic rings. The van der Waals surface area contributed by atoms with Crippen LogP contribution in [0.15, 0.2) is 36.5 Å². The summed E-state index contributed by atoms with van der Waals surface area (Å²) in [5.74, 6) is -0.706. The van der Waals surface area contributed by atoms with Gasteiger partial charge in [0.25, 0.3) is 11.8 Å². The van der Waals surface area contributed by atoms with Crippen LogP contribution >= 0.6 is 23.0 Å². The maximum atomic E-state index is 13.5. The molecule has 2 amide bonds. The zero-order chi connectivity index (χ0) is 21.2. The van der Waals surface area contributed by atoms with Crippen LogP contribution in [-0.4, -0.2) is 42.6 Å². The van der Waals surface area contributed by atoms with E-state index in [1.165, 1.54) is 6.07 Å². The van der Waals surface area contributed by atoms with Crippen molar-refractivity contribution in [3.63, 3.8) is 0 Å². The Morgan fingerprint density at radius 1 is 1.21 bits per heavy atom. The minimum absolute atomic E-state index is 0.230. The molecule has 29 heavy (non-hydrogen) atoms. The van der Waals surface area contributed by atoms with Crippen molar-refractivity contribution in [3.05, 3.63) is 59.2 Å². The van der Waals surface area contributed by atoms with Crippen LogP contribution in [0.5, 0.6) is 5.75 Å². The maximum Gasteiger partial charge on any atom is 0.269 e. The third-order valence-electron chi connectivity index (χ3n) is 4.07. The molecule has 0 saturated heterocycles. The fourth-order valence-electron chi connectivity index (χ4n) is 2.37. The molecule has 1 unspecified atom stereocenters. The van der Waals surface area contributed by atoms with Gasteiger partial charge < -0.3 is 18.4 Å². The Kier molecular flexibility index (Phi) is 9.26. The fraction of sp³-hybridized carbons (Fsp3) is 0.350. The highest BCUT2D eigenvalue weighted by Crippen LogP contribution is 2.15. The summed E-state index contributed by atoms with van der Waals surface area (Å²) in [6.07, 6.45) is 1.80. The topological polar surface area (TPSA) is 89.6 Å². The van der Waals surface area contributed by atoms with Gasteiger partial charge in [0.1, 0.15) is 40.3 Å². The quantitative estimate of drug-likeness (QED) is 0.476. The molecule has 1 heterocycles. The Morgan fingerprint density at radius 2 is 2.00 bits per heavy atom. The van der Waals surface area contributed by atoms with Gasteiger partial charge in [-0.1, -0.05) is 6.07 Å². The molecule has 0 aliphatic carbocycles. The van der Waals surface area contributed by atoms with Gasteiger partial charge in [0.2, 0.25) is 0 Å². The van der Waals surface area contributed by atoms with E-state index in [1.54, 1.807) is 54.3 Å². The number of aromatic nitrogens is 1. The predicted molar refractivity (Wildman–Crippen MR) is 114 cm³/mol. The number of amides is 2. The van der Waals surface area contributed by atoms with E-state index in [0.717, 1.165) is 5.56 Å². The summed E-state index contributed by atoms with van der Waals surface area (Å²) in [4.78, 5) is 28.0. The minimum atomic E-state index is -0.385. The molecule has 0 fully saturated rings. The first kappa shape index (κ1) is 23.0. The molecule has 1 atom stereocenters. The number of halogens is 2. The number of carbonyl (C=O) groups is 2. The summed E-state index contributed by atoms with van der Waals surface area (Å²) < 4.78 is 24.1. The summed E-state index contributed by atoms with van der Waals surface area (Å²) in [5, 5.41) is 5.47. The van der Waals surface area contributed by atoms with E-state index < -0.39 is 0 Å². The van der Waals surface area contributed by atoms with Crippen molar-refractivity contribution in [1.82, 2.24) is 15.6 Å². The number of nitrogens with one attached hydrogen (secondary N) is 2. The van der Waals surface area contributed by atoms with E-state index in [4.69, 9.17) is 7.80 Å². The Hall–Kier alpha value is -2.27. The second-order valence-corrected chi connectivity index (χ2v) is 6.99. The molecule has 0 aliphatic heterocycles. The number of nitrogens with zero attached hydrogens (tertiary/aromatic N) is 1. The molecule has 2 rings (SSSR count). The molecule has 0 radical (unpaired) electrons. The van der Waals surface area contributed by atoms with Crippen LogP contribution in [0, 0.1) is 19.7 Å². The van der Waals surface area contributed by atoms with Crippen LogP contribution in [0.3, 0.4) is 0 Å².